The summed E-state index contributed by atoms with van der Waals surface area (Å²) in [5, 5.41) is -0.319. The van der Waals surface area contributed by atoms with E-state index in [1.54, 1.807) is 0 Å². The molecule has 0 bridgehead atoms. The van der Waals surface area contributed by atoms with Gasteiger partial charge in [0.05, 0.1) is 13.1 Å². The van der Waals surface area contributed by atoms with Crippen LogP contribution in [0.3, 0.4) is 0 Å². The zero-order valence-electron chi connectivity index (χ0n) is 10.8. The lowest BCUT2D eigenvalue weighted by molar-refractivity contribution is -0.158. The minimum Gasteiger partial charge on any atom is -0.460 e. The molecule has 3 heteroatoms. The van der Waals surface area contributed by atoms with Crippen LogP contribution in [0.1, 0.15) is 34.6 Å². The van der Waals surface area contributed by atoms with Crippen LogP contribution in [0.5, 0.6) is 0 Å². The lowest BCUT2D eigenvalue weighted by Crippen LogP contribution is -2.44. The van der Waals surface area contributed by atoms with Crippen molar-refractivity contribution in [3.8, 4) is 0 Å². The van der Waals surface area contributed by atoms with Crippen molar-refractivity contribution < 1.29 is 9.53 Å². The van der Waals surface area contributed by atoms with Gasteiger partial charge in [-0.25, -0.2) is 0 Å². The van der Waals surface area contributed by atoms with E-state index in [0.717, 1.165) is 0 Å². The normalized spacial score (nSPS) is 14.0. The molecule has 84 valence electrons. The van der Waals surface area contributed by atoms with Crippen molar-refractivity contribution in [3.05, 3.63) is 0 Å². The summed E-state index contributed by atoms with van der Waals surface area (Å²) in [6.07, 6.45) is 0. The Morgan fingerprint density at radius 3 is 1.57 bits per heavy atom. The molecular formula is C11H24O2Si. The fourth-order valence-electron chi connectivity index (χ4n) is 0.712. The van der Waals surface area contributed by atoms with Crippen molar-refractivity contribution in [2.45, 2.75) is 64.9 Å². The average Bonchev–Trinajstić information content (AvgIpc) is 1.80. The quantitative estimate of drug-likeness (QED) is 0.522. The van der Waals surface area contributed by atoms with Gasteiger partial charge in [-0.1, -0.05) is 33.5 Å². The third-order valence-electron chi connectivity index (χ3n) is 2.78. The van der Waals surface area contributed by atoms with Crippen LogP contribution in [0.25, 0.3) is 0 Å². The van der Waals surface area contributed by atoms with Crippen LogP contribution >= 0.6 is 0 Å². The molecule has 0 aromatic heterocycles. The summed E-state index contributed by atoms with van der Waals surface area (Å²) in [5.41, 5.74) is -0.381. The highest BCUT2D eigenvalue weighted by Gasteiger charge is 2.43. The molecule has 0 N–H and O–H groups in total. The van der Waals surface area contributed by atoms with Crippen LogP contribution in [0.4, 0.5) is 0 Å². The van der Waals surface area contributed by atoms with Gasteiger partial charge in [-0.05, 0) is 20.8 Å². The summed E-state index contributed by atoms with van der Waals surface area (Å²) >= 11 is 0. The van der Waals surface area contributed by atoms with Crippen LogP contribution in [0.15, 0.2) is 0 Å². The second-order valence-electron chi connectivity index (χ2n) is 6.38. The molecule has 0 aromatic carbocycles. The van der Waals surface area contributed by atoms with E-state index in [0.29, 0.717) is 0 Å². The minimum absolute atomic E-state index is 0.0656. The zero-order valence-corrected chi connectivity index (χ0v) is 11.8. The van der Waals surface area contributed by atoms with Gasteiger partial charge < -0.3 is 4.74 Å². The molecule has 0 unspecified atom stereocenters. The molecule has 0 rings (SSSR count). The standard InChI is InChI=1S/C11H24O2Si/c1-10(2,3)13-9(12)11(4,5)14(6,7)8/h1-8H3. The van der Waals surface area contributed by atoms with Crippen LogP contribution in [0.2, 0.25) is 24.7 Å². The van der Waals surface area contributed by atoms with Gasteiger partial charge in [0.1, 0.15) is 5.60 Å². The molecule has 0 spiro atoms. The van der Waals surface area contributed by atoms with E-state index in [1.807, 2.05) is 34.6 Å². The summed E-state index contributed by atoms with van der Waals surface area (Å²) in [6, 6.07) is 0. The number of ether oxygens (including phenoxy) is 1. The van der Waals surface area contributed by atoms with Gasteiger partial charge in [-0.15, -0.1) is 0 Å². The van der Waals surface area contributed by atoms with Gasteiger partial charge in [0, 0.05) is 0 Å². The molecule has 0 saturated heterocycles. The third kappa shape index (κ3) is 3.44. The Bertz CT molecular complexity index is 218. The number of hydrogen-bond acceptors (Lipinski definition) is 2. The summed E-state index contributed by atoms with van der Waals surface area (Å²) in [5.74, 6) is -0.0656. The highest BCUT2D eigenvalue weighted by atomic mass is 28.3. The fraction of sp³-hybridized carbons (Fsp3) is 0.909. The van der Waals surface area contributed by atoms with Crippen molar-refractivity contribution >= 4 is 14.0 Å². The molecule has 0 saturated carbocycles. The highest BCUT2D eigenvalue weighted by molar-refractivity contribution is 6.82. The SMILES string of the molecule is CC(C)(C)OC(=O)C(C)(C)[Si](C)(C)C. The van der Waals surface area contributed by atoms with Crippen molar-refractivity contribution in [3.63, 3.8) is 0 Å². The van der Waals surface area contributed by atoms with E-state index in [4.69, 9.17) is 4.74 Å². The minimum atomic E-state index is -1.52. The van der Waals surface area contributed by atoms with E-state index in [1.165, 1.54) is 0 Å². The molecule has 0 aliphatic heterocycles. The largest absolute Gasteiger partial charge is 0.460 e. The molecule has 0 aliphatic rings. The average molecular weight is 216 g/mol. The lowest BCUT2D eigenvalue weighted by atomic mass is 10.1. The van der Waals surface area contributed by atoms with Crippen LogP contribution in [-0.4, -0.2) is 19.6 Å². The first kappa shape index (κ1) is 13.7. The van der Waals surface area contributed by atoms with Gasteiger partial charge in [0.25, 0.3) is 0 Å². The number of carbonyl (C=O) groups excluding carboxylic acids is 1. The maximum absolute atomic E-state index is 11.9. The summed E-state index contributed by atoms with van der Waals surface area (Å²) in [4.78, 5) is 11.9. The van der Waals surface area contributed by atoms with Gasteiger partial charge in [0.15, 0.2) is 0 Å². The lowest BCUT2D eigenvalue weighted by Gasteiger charge is -2.36. The topological polar surface area (TPSA) is 26.3 Å². The molecule has 0 fully saturated rings. The molecule has 0 heterocycles. The summed E-state index contributed by atoms with van der Waals surface area (Å²) in [7, 11) is -1.52. The summed E-state index contributed by atoms with van der Waals surface area (Å²) in [6.45, 7) is 16.3. The predicted octanol–water partition coefficient (Wildman–Crippen LogP) is 3.45. The second kappa shape index (κ2) is 3.68. The molecule has 0 atom stereocenters. The van der Waals surface area contributed by atoms with Crippen LogP contribution in [0, 0.1) is 0 Å². The van der Waals surface area contributed by atoms with Crippen LogP contribution < -0.4 is 0 Å². The maximum atomic E-state index is 11.9. The van der Waals surface area contributed by atoms with E-state index in [9.17, 15) is 4.79 Å². The molecule has 0 aliphatic carbocycles. The molecule has 2 nitrogen and oxygen atoms in total. The van der Waals surface area contributed by atoms with Crippen molar-refractivity contribution in [1.82, 2.24) is 0 Å². The monoisotopic (exact) mass is 216 g/mol. The Morgan fingerprint density at radius 1 is 1.00 bits per heavy atom. The number of rotatable bonds is 2. The van der Waals surface area contributed by atoms with Crippen molar-refractivity contribution in [1.29, 1.82) is 0 Å². The van der Waals surface area contributed by atoms with Crippen molar-refractivity contribution in [2.24, 2.45) is 0 Å². The first-order valence-electron chi connectivity index (χ1n) is 5.11. The maximum Gasteiger partial charge on any atom is 0.309 e. The van der Waals surface area contributed by atoms with Gasteiger partial charge in [-0.2, -0.15) is 0 Å². The fourth-order valence-corrected chi connectivity index (χ4v) is 1.38. The van der Waals surface area contributed by atoms with Gasteiger partial charge in [0.2, 0.25) is 0 Å². The van der Waals surface area contributed by atoms with Gasteiger partial charge >= 0.3 is 5.97 Å². The Morgan fingerprint density at radius 2 is 1.36 bits per heavy atom. The van der Waals surface area contributed by atoms with Gasteiger partial charge in [-0.3, -0.25) is 4.79 Å². The molecule has 0 radical (unpaired) electrons. The van der Waals surface area contributed by atoms with E-state index in [2.05, 4.69) is 19.6 Å². The first-order valence-corrected chi connectivity index (χ1v) is 8.61. The zero-order chi connectivity index (χ0) is 11.8. The van der Waals surface area contributed by atoms with Crippen LogP contribution in [-0.2, 0) is 9.53 Å². The Hall–Kier alpha value is -0.313. The number of hydrogen-bond donors (Lipinski definition) is 0. The molecule has 14 heavy (non-hydrogen) atoms. The van der Waals surface area contributed by atoms with Crippen molar-refractivity contribution in [2.75, 3.05) is 0 Å². The summed E-state index contributed by atoms with van der Waals surface area (Å²) < 4.78 is 5.42. The third-order valence-corrected chi connectivity index (χ3v) is 6.74. The molecule has 0 aromatic rings. The Kier molecular flexibility index (Phi) is 3.60. The molecule has 0 amide bonds. The number of esters is 1. The Balaban J connectivity index is 4.70. The first-order chi connectivity index (χ1) is 5.88. The Labute approximate surface area is 89.0 Å². The second-order valence-corrected chi connectivity index (χ2v) is 12.1. The molecular weight excluding hydrogens is 192 g/mol. The predicted molar refractivity (Wildman–Crippen MR) is 63.2 cm³/mol. The van der Waals surface area contributed by atoms with E-state index < -0.39 is 8.07 Å². The highest BCUT2D eigenvalue weighted by Crippen LogP contribution is 2.39. The van der Waals surface area contributed by atoms with E-state index in [-0.39, 0.29) is 16.6 Å². The van der Waals surface area contributed by atoms with E-state index >= 15 is 0 Å². The number of carbonyl (C=O) groups is 1. The smallest absolute Gasteiger partial charge is 0.309 e.